The molecule has 1 aliphatic rings. The Morgan fingerprint density at radius 2 is 1.56 bits per heavy atom. The number of hydrogen-bond donors (Lipinski definition) is 0. The van der Waals surface area contributed by atoms with Gasteiger partial charge in [-0.25, -0.2) is 0 Å². The molecule has 0 heteroatoms. The van der Waals surface area contributed by atoms with E-state index in [4.69, 9.17) is 0 Å². The van der Waals surface area contributed by atoms with Crippen molar-refractivity contribution >= 4 is 6.08 Å². The molecule has 0 N–H and O–H groups in total. The van der Waals surface area contributed by atoms with Crippen LogP contribution in [0.2, 0.25) is 0 Å². The van der Waals surface area contributed by atoms with E-state index in [9.17, 15) is 0 Å². The molecule has 1 fully saturated rings. The summed E-state index contributed by atoms with van der Waals surface area (Å²) in [6.45, 7) is 13.2. The third-order valence-electron chi connectivity index (χ3n) is 5.02. The largest absolute Gasteiger partial charge is 0.128 e. The molecular weight excluding hydrogens is 216 g/mol. The quantitative estimate of drug-likeness (QED) is 0.606. The summed E-state index contributed by atoms with van der Waals surface area (Å²) in [4.78, 5) is 0. The van der Waals surface area contributed by atoms with Crippen LogP contribution in [0.25, 0.3) is 6.08 Å². The highest BCUT2D eigenvalue weighted by Crippen LogP contribution is 2.57. The van der Waals surface area contributed by atoms with Gasteiger partial charge in [0.05, 0.1) is 0 Å². The smallest absolute Gasteiger partial charge is 0.0133 e. The van der Waals surface area contributed by atoms with Crippen molar-refractivity contribution in [1.29, 1.82) is 0 Å². The summed E-state index contributed by atoms with van der Waals surface area (Å²) in [7, 11) is 0. The maximum Gasteiger partial charge on any atom is -0.0133 e. The molecule has 0 aliphatic heterocycles. The van der Waals surface area contributed by atoms with E-state index < -0.39 is 0 Å². The first-order chi connectivity index (χ1) is 8.36. The van der Waals surface area contributed by atoms with Gasteiger partial charge in [0.25, 0.3) is 0 Å². The van der Waals surface area contributed by atoms with E-state index in [-0.39, 0.29) is 0 Å². The third kappa shape index (κ3) is 2.31. The first-order valence-electron chi connectivity index (χ1n) is 6.81. The lowest BCUT2D eigenvalue weighted by Gasteiger charge is -2.34. The van der Waals surface area contributed by atoms with Crippen molar-refractivity contribution in [2.45, 2.75) is 46.5 Å². The van der Waals surface area contributed by atoms with Crippen molar-refractivity contribution < 1.29 is 0 Å². The number of hydrogen-bond acceptors (Lipinski definition) is 0. The highest BCUT2D eigenvalue weighted by atomic mass is 14.5. The molecule has 0 atom stereocenters. The van der Waals surface area contributed by atoms with E-state index in [1.807, 2.05) is 6.08 Å². The molecule has 18 heavy (non-hydrogen) atoms. The number of benzene rings is 1. The van der Waals surface area contributed by atoms with Gasteiger partial charge < -0.3 is 0 Å². The third-order valence-corrected chi connectivity index (χ3v) is 5.02. The highest BCUT2D eigenvalue weighted by Gasteiger charge is 2.46. The Hall–Kier alpha value is -1.26. The predicted molar refractivity (Wildman–Crippen MR) is 79.6 cm³/mol. The van der Waals surface area contributed by atoms with E-state index in [2.05, 4.69) is 64.3 Å². The van der Waals surface area contributed by atoms with Crippen LogP contribution in [0.3, 0.4) is 0 Å². The van der Waals surface area contributed by atoms with E-state index >= 15 is 0 Å². The van der Waals surface area contributed by atoms with Crippen molar-refractivity contribution in [3.05, 3.63) is 47.7 Å². The van der Waals surface area contributed by atoms with Gasteiger partial charge in [0.1, 0.15) is 0 Å². The van der Waals surface area contributed by atoms with Gasteiger partial charge in [0.15, 0.2) is 0 Å². The first kappa shape index (κ1) is 13.2. The van der Waals surface area contributed by atoms with Crippen LogP contribution in [0.5, 0.6) is 0 Å². The zero-order chi connectivity index (χ0) is 13.4. The fourth-order valence-corrected chi connectivity index (χ4v) is 3.07. The van der Waals surface area contributed by atoms with Crippen LogP contribution >= 0.6 is 0 Å². The Morgan fingerprint density at radius 3 is 2.00 bits per heavy atom. The summed E-state index contributed by atoms with van der Waals surface area (Å²) < 4.78 is 0. The molecule has 1 aromatic carbocycles. The number of rotatable bonds is 2. The lowest BCUT2D eigenvalue weighted by atomic mass is 9.71. The molecule has 0 heterocycles. The molecule has 0 nitrogen and oxygen atoms in total. The van der Waals surface area contributed by atoms with Gasteiger partial charge in [-0.2, -0.15) is 0 Å². The van der Waals surface area contributed by atoms with Gasteiger partial charge >= 0.3 is 0 Å². The Labute approximate surface area is 111 Å². The maximum absolute atomic E-state index is 3.61. The topological polar surface area (TPSA) is 0 Å². The van der Waals surface area contributed by atoms with Gasteiger partial charge in [-0.15, -0.1) is 5.73 Å². The van der Waals surface area contributed by atoms with Crippen LogP contribution in [-0.2, 0) is 0 Å². The van der Waals surface area contributed by atoms with Crippen LogP contribution in [-0.4, -0.2) is 0 Å². The summed E-state index contributed by atoms with van der Waals surface area (Å²) >= 11 is 0. The lowest BCUT2D eigenvalue weighted by Crippen LogP contribution is -2.25. The second-order valence-corrected chi connectivity index (χ2v) is 6.89. The van der Waals surface area contributed by atoms with Crippen LogP contribution in [0.15, 0.2) is 36.6 Å². The van der Waals surface area contributed by atoms with Crippen molar-refractivity contribution in [2.24, 2.45) is 10.8 Å². The highest BCUT2D eigenvalue weighted by molar-refractivity contribution is 5.49. The molecular formula is C18H24. The second-order valence-electron chi connectivity index (χ2n) is 6.89. The Balaban J connectivity index is 2.22. The van der Waals surface area contributed by atoms with Crippen molar-refractivity contribution in [2.75, 3.05) is 0 Å². The summed E-state index contributed by atoms with van der Waals surface area (Å²) in [5, 5.41) is 0. The summed E-state index contributed by atoms with van der Waals surface area (Å²) in [5.41, 5.74) is 6.35. The van der Waals surface area contributed by atoms with Crippen LogP contribution < -0.4 is 0 Å². The Bertz CT molecular complexity index is 451. The minimum absolute atomic E-state index is 0.428. The van der Waals surface area contributed by atoms with Gasteiger partial charge in [0.2, 0.25) is 0 Å². The van der Waals surface area contributed by atoms with E-state index in [0.29, 0.717) is 16.7 Å². The average Bonchev–Trinajstić information content (AvgIpc) is 2.50. The molecule has 0 unspecified atom stereocenters. The van der Waals surface area contributed by atoms with Crippen molar-refractivity contribution in [3.8, 4) is 0 Å². The maximum atomic E-state index is 3.61. The zero-order valence-electron chi connectivity index (χ0n) is 12.1. The monoisotopic (exact) mass is 240 g/mol. The SMILES string of the molecule is C=C=Cc1ccc(C2CC(C)(C)C(C)(C)C2)cc1. The molecule has 0 saturated heterocycles. The van der Waals surface area contributed by atoms with Gasteiger partial charge in [0, 0.05) is 0 Å². The summed E-state index contributed by atoms with van der Waals surface area (Å²) in [6.07, 6.45) is 4.50. The summed E-state index contributed by atoms with van der Waals surface area (Å²) in [6, 6.07) is 8.88. The van der Waals surface area contributed by atoms with E-state index in [1.165, 1.54) is 24.0 Å². The second kappa shape index (κ2) is 4.44. The molecule has 0 amide bonds. The minimum Gasteiger partial charge on any atom is -0.128 e. The molecule has 2 rings (SSSR count). The van der Waals surface area contributed by atoms with Crippen molar-refractivity contribution in [1.82, 2.24) is 0 Å². The van der Waals surface area contributed by atoms with E-state index in [1.54, 1.807) is 0 Å². The fraction of sp³-hybridized carbons (Fsp3) is 0.500. The molecule has 96 valence electrons. The normalized spacial score (nSPS) is 21.6. The van der Waals surface area contributed by atoms with Crippen molar-refractivity contribution in [3.63, 3.8) is 0 Å². The standard InChI is InChI=1S/C18H24/c1-6-7-14-8-10-15(11-9-14)16-12-17(2,3)18(4,5)13-16/h7-11,16H,1,12-13H2,2-5H3. The Kier molecular flexibility index (Phi) is 3.25. The predicted octanol–water partition coefficient (Wildman–Crippen LogP) is 5.41. The lowest BCUT2D eigenvalue weighted by molar-refractivity contribution is 0.157. The van der Waals surface area contributed by atoms with Gasteiger partial charge in [-0.1, -0.05) is 58.5 Å². The molecule has 0 bridgehead atoms. The van der Waals surface area contributed by atoms with Crippen LogP contribution in [0.1, 0.15) is 57.6 Å². The molecule has 1 aliphatic carbocycles. The average molecular weight is 240 g/mol. The van der Waals surface area contributed by atoms with Crippen LogP contribution in [0.4, 0.5) is 0 Å². The molecule has 1 aromatic rings. The van der Waals surface area contributed by atoms with Gasteiger partial charge in [-0.05, 0) is 46.8 Å². The van der Waals surface area contributed by atoms with E-state index in [0.717, 1.165) is 0 Å². The summed E-state index contributed by atoms with van der Waals surface area (Å²) in [5.74, 6) is 0.705. The minimum atomic E-state index is 0.428. The fourth-order valence-electron chi connectivity index (χ4n) is 3.07. The Morgan fingerprint density at radius 1 is 1.06 bits per heavy atom. The first-order valence-corrected chi connectivity index (χ1v) is 6.81. The van der Waals surface area contributed by atoms with Crippen LogP contribution in [0, 0.1) is 10.8 Å². The zero-order valence-corrected chi connectivity index (χ0v) is 12.1. The molecule has 0 aromatic heterocycles. The molecule has 0 spiro atoms. The van der Waals surface area contributed by atoms with Gasteiger partial charge in [-0.3, -0.25) is 0 Å². The molecule has 1 saturated carbocycles. The molecule has 0 radical (unpaired) electrons.